The molecule has 1 atom stereocenters. The van der Waals surface area contributed by atoms with Crippen LogP contribution in [0.2, 0.25) is 0 Å². The number of carbonyl (C=O) groups is 2. The average Bonchev–Trinajstić information content (AvgIpc) is 2.69. The third-order valence-corrected chi connectivity index (χ3v) is 4.80. The lowest BCUT2D eigenvalue weighted by atomic mass is 9.94. The van der Waals surface area contributed by atoms with Gasteiger partial charge in [-0.3, -0.25) is 9.69 Å². The number of hydrogen-bond donors (Lipinski definition) is 3. The second-order valence-electron chi connectivity index (χ2n) is 7.35. The van der Waals surface area contributed by atoms with Gasteiger partial charge in [0.05, 0.1) is 12.3 Å². The Bertz CT molecular complexity index is 882. The normalized spacial score (nSPS) is 18.2. The Morgan fingerprint density at radius 3 is 2.55 bits per heavy atom. The fraction of sp³-hybridized carbons (Fsp3) is 0.364. The molecule has 2 aromatic carbocycles. The topological polar surface area (TPSA) is 90.9 Å². The molecule has 0 saturated heterocycles. The molecule has 154 valence electrons. The maximum atomic E-state index is 13.2. The number of para-hydroxylation sites is 1. The van der Waals surface area contributed by atoms with E-state index in [1.54, 1.807) is 48.5 Å². The van der Waals surface area contributed by atoms with Gasteiger partial charge in [-0.2, -0.15) is 0 Å². The van der Waals surface area contributed by atoms with Crippen molar-refractivity contribution in [1.82, 2.24) is 5.32 Å². The van der Waals surface area contributed by atoms with Crippen LogP contribution < -0.4 is 20.3 Å². The van der Waals surface area contributed by atoms with Crippen LogP contribution in [-0.2, 0) is 10.5 Å². The molecule has 29 heavy (non-hydrogen) atoms. The molecule has 0 aliphatic carbocycles. The maximum absolute atomic E-state index is 13.2. The van der Waals surface area contributed by atoms with Gasteiger partial charge in [-0.15, -0.1) is 0 Å². The van der Waals surface area contributed by atoms with Crippen LogP contribution in [0, 0.1) is 5.92 Å². The van der Waals surface area contributed by atoms with E-state index in [1.165, 1.54) is 0 Å². The number of nitrogens with zero attached hydrogens (tertiary/aromatic N) is 1. The fourth-order valence-electron chi connectivity index (χ4n) is 3.32. The molecule has 1 heterocycles. The van der Waals surface area contributed by atoms with Gasteiger partial charge >= 0.3 is 6.03 Å². The number of benzene rings is 2. The molecule has 0 spiro atoms. The van der Waals surface area contributed by atoms with Crippen LogP contribution in [0.15, 0.2) is 48.5 Å². The Morgan fingerprint density at radius 1 is 1.21 bits per heavy atom. The number of nitrogens with one attached hydrogen (secondary N) is 2. The first-order chi connectivity index (χ1) is 13.9. The third kappa shape index (κ3) is 4.05. The van der Waals surface area contributed by atoms with Gasteiger partial charge in [0.1, 0.15) is 5.75 Å². The van der Waals surface area contributed by atoms with E-state index in [4.69, 9.17) is 4.74 Å². The molecule has 7 nitrogen and oxygen atoms in total. The molecule has 3 N–H and O–H groups in total. The Labute approximate surface area is 170 Å². The molecule has 3 amide bonds. The lowest BCUT2D eigenvalue weighted by molar-refractivity contribution is -0.140. The number of urea groups is 1. The van der Waals surface area contributed by atoms with Crippen LogP contribution in [-0.4, -0.2) is 30.2 Å². The van der Waals surface area contributed by atoms with Gasteiger partial charge in [0.25, 0.3) is 11.6 Å². The van der Waals surface area contributed by atoms with E-state index in [-0.39, 0.29) is 0 Å². The summed E-state index contributed by atoms with van der Waals surface area (Å²) < 4.78 is 5.45. The van der Waals surface area contributed by atoms with E-state index < -0.39 is 17.7 Å². The van der Waals surface area contributed by atoms with Crippen molar-refractivity contribution < 1.29 is 19.4 Å². The Kier molecular flexibility index (Phi) is 6.08. The molecule has 1 aliphatic rings. The second kappa shape index (κ2) is 8.53. The number of carbonyl (C=O) groups excluding carboxylic acids is 2. The van der Waals surface area contributed by atoms with Crippen molar-refractivity contribution in [3.05, 3.63) is 54.1 Å². The third-order valence-electron chi connectivity index (χ3n) is 4.80. The van der Waals surface area contributed by atoms with Gasteiger partial charge in [-0.05, 0) is 49.6 Å². The van der Waals surface area contributed by atoms with E-state index in [1.807, 2.05) is 6.92 Å². The maximum Gasteiger partial charge on any atom is 0.329 e. The molecule has 1 aliphatic heterocycles. The van der Waals surface area contributed by atoms with E-state index in [9.17, 15) is 14.7 Å². The number of aliphatic hydroxyl groups is 1. The molecule has 0 radical (unpaired) electrons. The van der Waals surface area contributed by atoms with Gasteiger partial charge in [0, 0.05) is 17.8 Å². The summed E-state index contributed by atoms with van der Waals surface area (Å²) in [6.07, 6.45) is 0.763. The van der Waals surface area contributed by atoms with Crippen molar-refractivity contribution in [3.63, 3.8) is 0 Å². The molecule has 0 aromatic heterocycles. The number of amides is 3. The molecule has 0 saturated carbocycles. The molecular formula is C22H27N3O4. The zero-order valence-electron chi connectivity index (χ0n) is 16.9. The van der Waals surface area contributed by atoms with Crippen LogP contribution in [0.1, 0.15) is 32.8 Å². The molecule has 3 rings (SSSR count). The van der Waals surface area contributed by atoms with Gasteiger partial charge in [0.2, 0.25) is 0 Å². The van der Waals surface area contributed by atoms with Gasteiger partial charge < -0.3 is 20.5 Å². The summed E-state index contributed by atoms with van der Waals surface area (Å²) in [5, 5.41) is 17.2. The first-order valence-electron chi connectivity index (χ1n) is 9.82. The van der Waals surface area contributed by atoms with Crippen molar-refractivity contribution in [3.8, 4) is 5.75 Å². The van der Waals surface area contributed by atoms with Crippen LogP contribution in [0.5, 0.6) is 5.75 Å². The Hall–Kier alpha value is -3.06. The summed E-state index contributed by atoms with van der Waals surface area (Å²) in [6, 6.07) is 12.9. The summed E-state index contributed by atoms with van der Waals surface area (Å²) in [6.45, 7) is 6.90. The predicted molar refractivity (Wildman–Crippen MR) is 112 cm³/mol. The zero-order valence-corrected chi connectivity index (χ0v) is 16.9. The monoisotopic (exact) mass is 397 g/mol. The first kappa shape index (κ1) is 20.7. The first-order valence-corrected chi connectivity index (χ1v) is 9.82. The highest BCUT2D eigenvalue weighted by Crippen LogP contribution is 2.40. The quantitative estimate of drug-likeness (QED) is 0.667. The van der Waals surface area contributed by atoms with Crippen LogP contribution >= 0.6 is 0 Å². The Morgan fingerprint density at radius 2 is 1.90 bits per heavy atom. The zero-order chi connectivity index (χ0) is 21.0. The average molecular weight is 397 g/mol. The lowest BCUT2D eigenvalue weighted by Crippen LogP contribution is -2.62. The molecule has 0 fully saturated rings. The molecule has 1 unspecified atom stereocenters. The van der Waals surface area contributed by atoms with Crippen LogP contribution in [0.4, 0.5) is 16.2 Å². The van der Waals surface area contributed by atoms with Crippen molar-refractivity contribution in [2.45, 2.75) is 32.9 Å². The second-order valence-corrected chi connectivity index (χ2v) is 7.35. The minimum Gasteiger partial charge on any atom is -0.494 e. The largest absolute Gasteiger partial charge is 0.494 e. The van der Waals surface area contributed by atoms with E-state index in [0.717, 1.165) is 11.3 Å². The van der Waals surface area contributed by atoms with E-state index in [2.05, 4.69) is 24.5 Å². The SMILES string of the molecule is CCOc1ccc(N2C(=O)Nc3ccccc3C2(O)C(=O)NCCC(C)C)cc1. The minimum absolute atomic E-state index is 0.315. The van der Waals surface area contributed by atoms with E-state index >= 15 is 0 Å². The summed E-state index contributed by atoms with van der Waals surface area (Å²) in [4.78, 5) is 27.1. The van der Waals surface area contributed by atoms with Gasteiger partial charge in [-0.1, -0.05) is 32.0 Å². The highest BCUT2D eigenvalue weighted by Gasteiger charge is 2.51. The van der Waals surface area contributed by atoms with Crippen molar-refractivity contribution in [1.29, 1.82) is 0 Å². The predicted octanol–water partition coefficient (Wildman–Crippen LogP) is 3.44. The highest BCUT2D eigenvalue weighted by molar-refractivity contribution is 6.11. The van der Waals surface area contributed by atoms with Crippen molar-refractivity contribution in [2.75, 3.05) is 23.4 Å². The van der Waals surface area contributed by atoms with Crippen LogP contribution in [0.3, 0.4) is 0 Å². The van der Waals surface area contributed by atoms with E-state index in [0.29, 0.717) is 41.8 Å². The Balaban J connectivity index is 2.02. The number of hydrogen-bond acceptors (Lipinski definition) is 4. The summed E-state index contributed by atoms with van der Waals surface area (Å²) in [5.74, 6) is 0.391. The number of fused-ring (bicyclic) bond motifs is 1. The lowest BCUT2D eigenvalue weighted by Gasteiger charge is -2.42. The number of ether oxygens (including phenoxy) is 1. The standard InChI is InChI=1S/C22H27N3O4/c1-4-29-17-11-9-16(10-12-17)25-21(27)24-19-8-6-5-7-18(19)22(25,28)20(26)23-14-13-15(2)3/h5-12,15,28H,4,13-14H2,1-3H3,(H,23,26)(H,24,27). The van der Waals surface area contributed by atoms with Crippen molar-refractivity contribution >= 4 is 23.3 Å². The van der Waals surface area contributed by atoms with Gasteiger partial charge in [0.15, 0.2) is 0 Å². The van der Waals surface area contributed by atoms with Gasteiger partial charge in [-0.25, -0.2) is 4.79 Å². The van der Waals surface area contributed by atoms with Crippen LogP contribution in [0.25, 0.3) is 0 Å². The summed E-state index contributed by atoms with van der Waals surface area (Å²) in [7, 11) is 0. The minimum atomic E-state index is -2.18. The number of anilines is 2. The highest BCUT2D eigenvalue weighted by atomic mass is 16.5. The number of rotatable bonds is 7. The molecular weight excluding hydrogens is 370 g/mol. The smallest absolute Gasteiger partial charge is 0.329 e. The van der Waals surface area contributed by atoms with Crippen molar-refractivity contribution in [2.24, 2.45) is 5.92 Å². The summed E-state index contributed by atoms with van der Waals surface area (Å²) in [5.41, 5.74) is -1.08. The summed E-state index contributed by atoms with van der Waals surface area (Å²) >= 11 is 0. The molecule has 7 heteroatoms. The molecule has 0 bridgehead atoms. The fourth-order valence-corrected chi connectivity index (χ4v) is 3.32. The molecule has 2 aromatic rings.